The number of amides is 1. The summed E-state index contributed by atoms with van der Waals surface area (Å²) in [5.74, 6) is 0.709. The quantitative estimate of drug-likeness (QED) is 0.528. The van der Waals surface area contributed by atoms with Crippen molar-refractivity contribution in [3.05, 3.63) is 52.3 Å². The number of benzene rings is 1. The number of carbonyl (C=O) groups is 1. The Morgan fingerprint density at radius 3 is 2.65 bits per heavy atom. The minimum Gasteiger partial charge on any atom is -0.353 e. The van der Waals surface area contributed by atoms with Crippen LogP contribution >= 0.6 is 0 Å². The van der Waals surface area contributed by atoms with E-state index < -0.39 is 0 Å². The molecule has 2 aromatic rings. The number of fused-ring (bicyclic) bond motifs is 1. The number of aryl methyl sites for hydroxylation is 3. The summed E-state index contributed by atoms with van der Waals surface area (Å²) in [4.78, 5) is 18.6. The van der Waals surface area contributed by atoms with Gasteiger partial charge in [0.2, 0.25) is 5.91 Å². The van der Waals surface area contributed by atoms with Crippen molar-refractivity contribution in [3.8, 4) is 0 Å². The second kappa shape index (κ2) is 10.5. The first-order valence-electron chi connectivity index (χ1n) is 11.3. The van der Waals surface area contributed by atoms with Crippen LogP contribution in [0.25, 0.3) is 0 Å². The van der Waals surface area contributed by atoms with Crippen LogP contribution in [0.2, 0.25) is 0 Å². The lowest BCUT2D eigenvalue weighted by molar-refractivity contribution is -0.127. The highest BCUT2D eigenvalue weighted by Crippen LogP contribution is 2.21. The highest BCUT2D eigenvalue weighted by molar-refractivity contribution is 5.86. The van der Waals surface area contributed by atoms with Crippen molar-refractivity contribution in [2.24, 2.45) is 12.0 Å². The molecule has 0 radical (unpaired) electrons. The largest absolute Gasteiger partial charge is 0.353 e. The Bertz CT molecular complexity index is 930. The van der Waals surface area contributed by atoms with Crippen molar-refractivity contribution in [2.45, 2.75) is 58.5 Å². The molecule has 1 aliphatic carbocycles. The van der Waals surface area contributed by atoms with Crippen LogP contribution in [-0.2, 0) is 44.1 Å². The van der Waals surface area contributed by atoms with Gasteiger partial charge in [-0.15, -0.1) is 0 Å². The van der Waals surface area contributed by atoms with E-state index in [0.717, 1.165) is 37.8 Å². The SMILES string of the molecule is CCc1nn(C)c(CC)c1CN=C(NCC(=O)N(C)C)NC1CCc2ccccc2C1. The molecule has 1 unspecified atom stereocenters. The van der Waals surface area contributed by atoms with Crippen LogP contribution in [0.1, 0.15) is 48.3 Å². The number of rotatable bonds is 7. The van der Waals surface area contributed by atoms with Crippen LogP contribution in [0.3, 0.4) is 0 Å². The van der Waals surface area contributed by atoms with Crippen molar-refractivity contribution < 1.29 is 4.79 Å². The highest BCUT2D eigenvalue weighted by Gasteiger charge is 2.20. The van der Waals surface area contributed by atoms with E-state index in [4.69, 9.17) is 4.99 Å². The first kappa shape index (κ1) is 22.8. The van der Waals surface area contributed by atoms with Crippen molar-refractivity contribution >= 4 is 11.9 Å². The lowest BCUT2D eigenvalue weighted by atomic mass is 9.88. The van der Waals surface area contributed by atoms with Gasteiger partial charge in [0.25, 0.3) is 0 Å². The standard InChI is InChI=1S/C24H36N6O/c1-6-21-20(22(7-2)30(5)28-21)15-25-24(26-16-23(31)29(3)4)27-19-13-12-17-10-8-9-11-18(17)14-19/h8-11,19H,6-7,12-16H2,1-5H3,(H2,25,26,27). The fraction of sp³-hybridized carbons (Fsp3) is 0.542. The second-order valence-corrected chi connectivity index (χ2v) is 8.36. The smallest absolute Gasteiger partial charge is 0.241 e. The van der Waals surface area contributed by atoms with Crippen molar-refractivity contribution in [1.82, 2.24) is 25.3 Å². The second-order valence-electron chi connectivity index (χ2n) is 8.36. The molecule has 1 aromatic heterocycles. The average Bonchev–Trinajstić information content (AvgIpc) is 3.09. The molecule has 2 N–H and O–H groups in total. The minimum atomic E-state index is 0.0216. The van der Waals surface area contributed by atoms with Gasteiger partial charge in [0, 0.05) is 38.4 Å². The number of likely N-dealkylation sites (N-methyl/N-ethyl adjacent to an activating group) is 1. The van der Waals surface area contributed by atoms with Crippen LogP contribution in [-0.4, -0.2) is 53.2 Å². The van der Waals surface area contributed by atoms with E-state index >= 15 is 0 Å². The minimum absolute atomic E-state index is 0.0216. The van der Waals surface area contributed by atoms with E-state index in [1.54, 1.807) is 19.0 Å². The molecule has 0 saturated carbocycles. The Balaban J connectivity index is 1.77. The summed E-state index contributed by atoms with van der Waals surface area (Å²) < 4.78 is 1.97. The first-order valence-corrected chi connectivity index (χ1v) is 11.3. The van der Waals surface area contributed by atoms with Crippen molar-refractivity contribution in [2.75, 3.05) is 20.6 Å². The number of nitrogens with one attached hydrogen (secondary N) is 2. The summed E-state index contributed by atoms with van der Waals surface area (Å²) in [7, 11) is 5.53. The van der Waals surface area contributed by atoms with Crippen molar-refractivity contribution in [1.29, 1.82) is 0 Å². The van der Waals surface area contributed by atoms with Gasteiger partial charge in [0.05, 0.1) is 18.8 Å². The van der Waals surface area contributed by atoms with E-state index in [-0.39, 0.29) is 12.5 Å². The van der Waals surface area contributed by atoms with Gasteiger partial charge >= 0.3 is 0 Å². The summed E-state index contributed by atoms with van der Waals surface area (Å²) >= 11 is 0. The summed E-state index contributed by atoms with van der Waals surface area (Å²) in [5, 5.41) is 11.5. The van der Waals surface area contributed by atoms with Crippen LogP contribution < -0.4 is 10.6 Å². The van der Waals surface area contributed by atoms with E-state index in [0.29, 0.717) is 18.5 Å². The maximum Gasteiger partial charge on any atom is 0.241 e. The lowest BCUT2D eigenvalue weighted by Gasteiger charge is -2.27. The molecular weight excluding hydrogens is 388 g/mol. The van der Waals surface area contributed by atoms with Gasteiger partial charge in [-0.2, -0.15) is 5.10 Å². The average molecular weight is 425 g/mol. The Morgan fingerprint density at radius 2 is 1.97 bits per heavy atom. The Morgan fingerprint density at radius 1 is 1.23 bits per heavy atom. The molecule has 0 aliphatic heterocycles. The number of aromatic nitrogens is 2. The molecule has 1 amide bonds. The maximum atomic E-state index is 12.1. The number of carbonyl (C=O) groups excluding carboxylic acids is 1. The van der Waals surface area contributed by atoms with Gasteiger partial charge in [-0.05, 0) is 43.2 Å². The number of hydrogen-bond donors (Lipinski definition) is 2. The van der Waals surface area contributed by atoms with Crippen LogP contribution in [0, 0.1) is 0 Å². The Hall–Kier alpha value is -2.83. The highest BCUT2D eigenvalue weighted by atomic mass is 16.2. The lowest BCUT2D eigenvalue weighted by Crippen LogP contribution is -2.48. The van der Waals surface area contributed by atoms with E-state index in [1.807, 2.05) is 11.7 Å². The van der Waals surface area contributed by atoms with Crippen molar-refractivity contribution in [3.63, 3.8) is 0 Å². The summed E-state index contributed by atoms with van der Waals surface area (Å²) in [6, 6.07) is 8.93. The molecule has 1 atom stereocenters. The molecule has 168 valence electrons. The number of guanidine groups is 1. The molecule has 7 heteroatoms. The van der Waals surface area contributed by atoms with Gasteiger partial charge in [-0.25, -0.2) is 4.99 Å². The normalized spacial score (nSPS) is 16.0. The van der Waals surface area contributed by atoms with Gasteiger partial charge in [-0.3, -0.25) is 9.48 Å². The molecule has 1 heterocycles. The predicted molar refractivity (Wildman–Crippen MR) is 125 cm³/mol. The third-order valence-electron chi connectivity index (χ3n) is 6.02. The van der Waals surface area contributed by atoms with Gasteiger partial charge in [0.15, 0.2) is 5.96 Å². The number of aliphatic imine (C=N–C) groups is 1. The molecule has 0 bridgehead atoms. The Kier molecular flexibility index (Phi) is 7.71. The number of hydrogen-bond acceptors (Lipinski definition) is 3. The zero-order valence-corrected chi connectivity index (χ0v) is 19.5. The predicted octanol–water partition coefficient (Wildman–Crippen LogP) is 2.23. The summed E-state index contributed by atoms with van der Waals surface area (Å²) in [6.07, 6.45) is 4.87. The Labute approximate surface area is 185 Å². The fourth-order valence-corrected chi connectivity index (χ4v) is 4.21. The first-order chi connectivity index (χ1) is 14.9. The molecule has 7 nitrogen and oxygen atoms in total. The molecule has 0 saturated heterocycles. The molecule has 3 rings (SSSR count). The van der Waals surface area contributed by atoms with Gasteiger partial charge < -0.3 is 15.5 Å². The maximum absolute atomic E-state index is 12.1. The summed E-state index contributed by atoms with van der Waals surface area (Å²) in [5.41, 5.74) is 6.34. The topological polar surface area (TPSA) is 74.5 Å². The molecule has 1 aliphatic rings. The molecule has 0 fully saturated rings. The van der Waals surface area contributed by atoms with Crippen LogP contribution in [0.15, 0.2) is 29.3 Å². The third-order valence-corrected chi connectivity index (χ3v) is 6.02. The van der Waals surface area contributed by atoms with Gasteiger partial charge in [0.1, 0.15) is 0 Å². The van der Waals surface area contributed by atoms with E-state index in [9.17, 15) is 4.79 Å². The van der Waals surface area contributed by atoms with Crippen LogP contribution in [0.5, 0.6) is 0 Å². The van der Waals surface area contributed by atoms with Gasteiger partial charge in [-0.1, -0.05) is 38.1 Å². The zero-order valence-electron chi connectivity index (χ0n) is 19.5. The number of nitrogens with zero attached hydrogens (tertiary/aromatic N) is 4. The van der Waals surface area contributed by atoms with Crippen LogP contribution in [0.4, 0.5) is 0 Å². The molecule has 0 spiro atoms. The molecular formula is C24H36N6O. The zero-order chi connectivity index (χ0) is 22.4. The van der Waals surface area contributed by atoms with E-state index in [2.05, 4.69) is 53.8 Å². The summed E-state index contributed by atoms with van der Waals surface area (Å²) in [6.45, 7) is 5.04. The molecule has 1 aromatic carbocycles. The van der Waals surface area contributed by atoms with E-state index in [1.165, 1.54) is 22.4 Å². The monoisotopic (exact) mass is 424 g/mol. The third kappa shape index (κ3) is 5.66. The molecule has 31 heavy (non-hydrogen) atoms. The fourth-order valence-electron chi connectivity index (χ4n) is 4.21.